The summed E-state index contributed by atoms with van der Waals surface area (Å²) >= 11 is 0. The van der Waals surface area contributed by atoms with Gasteiger partial charge >= 0.3 is 0 Å². The van der Waals surface area contributed by atoms with Crippen LogP contribution in [0.5, 0.6) is 11.5 Å². The number of hydrogen-bond acceptors (Lipinski definition) is 5. The monoisotopic (exact) mass is 286 g/mol. The number of aromatic hydroxyl groups is 2. The van der Waals surface area contributed by atoms with Crippen LogP contribution in [0, 0.1) is 12.7 Å². The van der Waals surface area contributed by atoms with Gasteiger partial charge in [0, 0.05) is 11.6 Å². The smallest absolute Gasteiger partial charge is 0.262 e. The SMILES string of the molecule is Cc1cc(F)cc(-c2noc(-c3ccc(O)cc3O)n2)c1. The van der Waals surface area contributed by atoms with Crippen LogP contribution in [0.3, 0.4) is 0 Å². The third-order valence-electron chi connectivity index (χ3n) is 2.94. The quantitative estimate of drug-likeness (QED) is 0.756. The number of phenols is 2. The molecule has 0 aliphatic carbocycles. The lowest BCUT2D eigenvalue weighted by Crippen LogP contribution is -1.85. The van der Waals surface area contributed by atoms with Crippen molar-refractivity contribution in [1.82, 2.24) is 10.1 Å². The van der Waals surface area contributed by atoms with Crippen LogP contribution in [0.2, 0.25) is 0 Å². The minimum Gasteiger partial charge on any atom is -0.508 e. The van der Waals surface area contributed by atoms with Crippen molar-refractivity contribution in [2.24, 2.45) is 0 Å². The van der Waals surface area contributed by atoms with Crippen LogP contribution >= 0.6 is 0 Å². The molecule has 0 saturated carbocycles. The van der Waals surface area contributed by atoms with Crippen LogP contribution in [-0.2, 0) is 0 Å². The summed E-state index contributed by atoms with van der Waals surface area (Å²) in [6.07, 6.45) is 0. The molecule has 3 aromatic rings. The average Bonchev–Trinajstić information content (AvgIpc) is 2.87. The Labute approximate surface area is 119 Å². The van der Waals surface area contributed by atoms with E-state index in [2.05, 4.69) is 10.1 Å². The number of halogens is 1. The summed E-state index contributed by atoms with van der Waals surface area (Å²) in [5, 5.41) is 22.8. The largest absolute Gasteiger partial charge is 0.508 e. The molecule has 0 aliphatic heterocycles. The molecule has 0 fully saturated rings. The van der Waals surface area contributed by atoms with Gasteiger partial charge in [0.05, 0.1) is 5.56 Å². The zero-order valence-corrected chi connectivity index (χ0v) is 11.0. The number of benzene rings is 2. The van der Waals surface area contributed by atoms with Crippen molar-refractivity contribution in [3.63, 3.8) is 0 Å². The van der Waals surface area contributed by atoms with E-state index in [-0.39, 0.29) is 29.0 Å². The molecule has 0 radical (unpaired) electrons. The van der Waals surface area contributed by atoms with E-state index >= 15 is 0 Å². The first-order valence-electron chi connectivity index (χ1n) is 6.16. The van der Waals surface area contributed by atoms with Crippen LogP contribution in [0.15, 0.2) is 40.9 Å². The molecular formula is C15H11FN2O3. The van der Waals surface area contributed by atoms with Gasteiger partial charge in [0.1, 0.15) is 17.3 Å². The fourth-order valence-electron chi connectivity index (χ4n) is 2.02. The van der Waals surface area contributed by atoms with Crippen molar-refractivity contribution in [2.45, 2.75) is 6.92 Å². The predicted molar refractivity (Wildman–Crippen MR) is 73.2 cm³/mol. The molecule has 0 spiro atoms. The van der Waals surface area contributed by atoms with Crippen LogP contribution in [0.4, 0.5) is 4.39 Å². The first-order chi connectivity index (χ1) is 10.0. The van der Waals surface area contributed by atoms with Crippen molar-refractivity contribution in [1.29, 1.82) is 0 Å². The first kappa shape index (κ1) is 13.1. The molecule has 1 heterocycles. The summed E-state index contributed by atoms with van der Waals surface area (Å²) in [4.78, 5) is 4.14. The second-order valence-electron chi connectivity index (χ2n) is 4.64. The minimum absolute atomic E-state index is 0.0725. The van der Waals surface area contributed by atoms with Crippen molar-refractivity contribution >= 4 is 0 Å². The van der Waals surface area contributed by atoms with E-state index in [1.807, 2.05) is 0 Å². The van der Waals surface area contributed by atoms with E-state index < -0.39 is 0 Å². The molecule has 6 heteroatoms. The molecule has 5 nitrogen and oxygen atoms in total. The highest BCUT2D eigenvalue weighted by atomic mass is 19.1. The summed E-state index contributed by atoms with van der Waals surface area (Å²) in [6.45, 7) is 1.76. The Morgan fingerprint density at radius 1 is 1.10 bits per heavy atom. The number of aromatic nitrogens is 2. The molecule has 0 bridgehead atoms. The molecule has 0 aliphatic rings. The Bertz CT molecular complexity index is 794. The normalized spacial score (nSPS) is 10.8. The first-order valence-corrected chi connectivity index (χ1v) is 6.16. The van der Waals surface area contributed by atoms with Gasteiger partial charge in [0.25, 0.3) is 5.89 Å². The Balaban J connectivity index is 2.03. The molecule has 0 atom stereocenters. The molecular weight excluding hydrogens is 275 g/mol. The van der Waals surface area contributed by atoms with Gasteiger partial charge in [0.2, 0.25) is 5.82 Å². The summed E-state index contributed by atoms with van der Waals surface area (Å²) in [6, 6.07) is 8.46. The topological polar surface area (TPSA) is 79.4 Å². The maximum absolute atomic E-state index is 13.4. The van der Waals surface area contributed by atoms with Crippen LogP contribution < -0.4 is 0 Å². The Hall–Kier alpha value is -2.89. The molecule has 1 aromatic heterocycles. The number of rotatable bonds is 2. The zero-order valence-electron chi connectivity index (χ0n) is 11.0. The van der Waals surface area contributed by atoms with E-state index in [0.717, 1.165) is 5.56 Å². The van der Waals surface area contributed by atoms with E-state index in [9.17, 15) is 14.6 Å². The summed E-state index contributed by atoms with van der Waals surface area (Å²) in [5.41, 5.74) is 1.52. The molecule has 0 amide bonds. The third-order valence-corrected chi connectivity index (χ3v) is 2.94. The highest BCUT2D eigenvalue weighted by Crippen LogP contribution is 2.32. The van der Waals surface area contributed by atoms with Gasteiger partial charge in [-0.2, -0.15) is 4.98 Å². The number of phenolic OH excluding ortho intramolecular Hbond substituents is 2. The van der Waals surface area contributed by atoms with Gasteiger partial charge in [-0.25, -0.2) is 4.39 Å². The van der Waals surface area contributed by atoms with Crippen LogP contribution in [-0.4, -0.2) is 20.4 Å². The van der Waals surface area contributed by atoms with Gasteiger partial charge in [-0.1, -0.05) is 5.16 Å². The number of hydrogen-bond donors (Lipinski definition) is 2. The fraction of sp³-hybridized carbons (Fsp3) is 0.0667. The van der Waals surface area contributed by atoms with E-state index in [1.54, 1.807) is 13.0 Å². The lowest BCUT2D eigenvalue weighted by Gasteiger charge is -1.99. The Kier molecular flexibility index (Phi) is 3.06. The van der Waals surface area contributed by atoms with Crippen molar-refractivity contribution in [3.05, 3.63) is 47.8 Å². The van der Waals surface area contributed by atoms with Crippen molar-refractivity contribution in [3.8, 4) is 34.3 Å². The van der Waals surface area contributed by atoms with Gasteiger partial charge < -0.3 is 14.7 Å². The highest BCUT2D eigenvalue weighted by molar-refractivity contribution is 5.66. The van der Waals surface area contributed by atoms with Crippen LogP contribution in [0.25, 0.3) is 22.8 Å². The molecule has 106 valence electrons. The summed E-state index contributed by atoms with van der Waals surface area (Å²) < 4.78 is 18.5. The second kappa shape index (κ2) is 4.90. The maximum atomic E-state index is 13.4. The summed E-state index contributed by atoms with van der Waals surface area (Å²) in [7, 11) is 0. The zero-order chi connectivity index (χ0) is 15.0. The number of aryl methyl sites for hydroxylation is 1. The molecule has 21 heavy (non-hydrogen) atoms. The lowest BCUT2D eigenvalue weighted by molar-refractivity contribution is 0.423. The fourth-order valence-corrected chi connectivity index (χ4v) is 2.02. The number of nitrogens with zero attached hydrogens (tertiary/aromatic N) is 2. The van der Waals surface area contributed by atoms with Gasteiger partial charge in [-0.15, -0.1) is 0 Å². The van der Waals surface area contributed by atoms with Gasteiger partial charge in [-0.3, -0.25) is 0 Å². The predicted octanol–water partition coefficient (Wildman–Crippen LogP) is 3.26. The molecule has 0 saturated heterocycles. The van der Waals surface area contributed by atoms with E-state index in [1.165, 1.54) is 30.3 Å². The van der Waals surface area contributed by atoms with Crippen LogP contribution in [0.1, 0.15) is 5.56 Å². The van der Waals surface area contributed by atoms with Crippen molar-refractivity contribution in [2.75, 3.05) is 0 Å². The van der Waals surface area contributed by atoms with E-state index in [0.29, 0.717) is 11.1 Å². The average molecular weight is 286 g/mol. The lowest BCUT2D eigenvalue weighted by atomic mass is 10.1. The minimum atomic E-state index is -0.385. The summed E-state index contributed by atoms with van der Waals surface area (Å²) in [5.74, 6) is -0.328. The standard InChI is InChI=1S/C15H11FN2O3/c1-8-4-9(6-10(16)5-8)14-17-15(21-18-14)12-3-2-11(19)7-13(12)20/h2-7,19-20H,1H3. The van der Waals surface area contributed by atoms with E-state index in [4.69, 9.17) is 4.52 Å². The third kappa shape index (κ3) is 2.55. The second-order valence-corrected chi connectivity index (χ2v) is 4.64. The molecule has 3 rings (SSSR count). The Morgan fingerprint density at radius 3 is 2.62 bits per heavy atom. The van der Waals surface area contributed by atoms with Gasteiger partial charge in [0.15, 0.2) is 0 Å². The van der Waals surface area contributed by atoms with Crippen molar-refractivity contribution < 1.29 is 19.1 Å². The maximum Gasteiger partial charge on any atom is 0.262 e. The Morgan fingerprint density at radius 2 is 1.90 bits per heavy atom. The molecule has 0 unspecified atom stereocenters. The molecule has 2 aromatic carbocycles. The highest BCUT2D eigenvalue weighted by Gasteiger charge is 2.15. The molecule has 2 N–H and O–H groups in total. The van der Waals surface area contributed by atoms with Gasteiger partial charge in [-0.05, 0) is 42.8 Å².